The summed E-state index contributed by atoms with van der Waals surface area (Å²) < 4.78 is 4.82. The van der Waals surface area contributed by atoms with Crippen LogP contribution in [-0.2, 0) is 20.7 Å². The fourth-order valence-corrected chi connectivity index (χ4v) is 5.20. The largest absolute Gasteiger partial charge is 0.465 e. The Morgan fingerprint density at radius 3 is 2.59 bits per heavy atom. The van der Waals surface area contributed by atoms with Gasteiger partial charge in [-0.05, 0) is 36.8 Å². The molecule has 0 bridgehead atoms. The molecule has 2 amide bonds. The lowest BCUT2D eigenvalue weighted by atomic mass is 10.2. The van der Waals surface area contributed by atoms with Crippen molar-refractivity contribution in [3.05, 3.63) is 40.8 Å². The van der Waals surface area contributed by atoms with E-state index in [4.69, 9.17) is 4.74 Å². The molecular weight excluding hydrogens is 448 g/mol. The minimum atomic E-state index is -0.591. The van der Waals surface area contributed by atoms with Gasteiger partial charge in [0.2, 0.25) is 11.8 Å². The number of carbonyl (C=O) groups excluding carboxylic acids is 3. The molecule has 1 saturated heterocycles. The zero-order chi connectivity index (χ0) is 23.3. The van der Waals surface area contributed by atoms with Crippen LogP contribution in [-0.4, -0.2) is 49.4 Å². The molecule has 1 aliphatic rings. The summed E-state index contributed by atoms with van der Waals surface area (Å²) in [7, 11) is 5.22. The Kier molecular flexibility index (Phi) is 7.92. The molecule has 1 aromatic carbocycles. The topological polar surface area (TPSA) is 100 Å². The van der Waals surface area contributed by atoms with Gasteiger partial charge in [0.1, 0.15) is 10.3 Å². The monoisotopic (exact) mass is 474 g/mol. The smallest absolute Gasteiger partial charge is 0.340 e. The van der Waals surface area contributed by atoms with Crippen molar-refractivity contribution in [3.63, 3.8) is 0 Å². The van der Waals surface area contributed by atoms with Crippen LogP contribution in [0.5, 0.6) is 0 Å². The predicted molar refractivity (Wildman–Crippen MR) is 130 cm³/mol. The Bertz CT molecular complexity index is 1030. The first-order chi connectivity index (χ1) is 15.3. The van der Waals surface area contributed by atoms with Crippen LogP contribution in [0.2, 0.25) is 0 Å². The molecule has 170 valence electrons. The van der Waals surface area contributed by atoms with Gasteiger partial charge in [-0.3, -0.25) is 9.59 Å². The highest BCUT2D eigenvalue weighted by Crippen LogP contribution is 2.31. The second-order valence-corrected chi connectivity index (χ2v) is 9.70. The minimum Gasteiger partial charge on any atom is -0.465 e. The quantitative estimate of drug-likeness (QED) is 0.565. The highest BCUT2D eigenvalue weighted by Gasteiger charge is 2.32. The van der Waals surface area contributed by atoms with Gasteiger partial charge in [-0.25, -0.2) is 9.79 Å². The third-order valence-corrected chi connectivity index (χ3v) is 6.87. The lowest BCUT2D eigenvalue weighted by Gasteiger charge is -2.11. The molecule has 3 rings (SSSR count). The van der Waals surface area contributed by atoms with Gasteiger partial charge in [-0.15, -0.1) is 11.3 Å². The van der Waals surface area contributed by atoms with E-state index in [0.717, 1.165) is 23.4 Å². The molecule has 0 spiro atoms. The number of amides is 2. The number of anilines is 2. The first-order valence-electron chi connectivity index (χ1n) is 10.1. The van der Waals surface area contributed by atoms with E-state index in [2.05, 4.69) is 15.6 Å². The number of nitrogens with zero attached hydrogens (tertiary/aromatic N) is 2. The summed E-state index contributed by atoms with van der Waals surface area (Å²) >= 11 is 2.57. The molecule has 1 atom stereocenters. The van der Waals surface area contributed by atoms with Gasteiger partial charge in [-0.2, -0.15) is 0 Å². The van der Waals surface area contributed by atoms with Gasteiger partial charge in [0, 0.05) is 31.1 Å². The zero-order valence-corrected chi connectivity index (χ0v) is 20.1. The fraction of sp³-hybridized carbons (Fsp3) is 0.364. The third kappa shape index (κ3) is 5.89. The Hall–Kier alpha value is -2.85. The van der Waals surface area contributed by atoms with Gasteiger partial charge in [0.05, 0.1) is 18.4 Å². The summed E-state index contributed by atoms with van der Waals surface area (Å²) in [5, 5.41) is 5.82. The maximum absolute atomic E-state index is 12.6. The van der Waals surface area contributed by atoms with Crippen molar-refractivity contribution in [3.8, 4) is 0 Å². The van der Waals surface area contributed by atoms with E-state index in [9.17, 15) is 14.4 Å². The molecule has 1 aromatic heterocycles. The summed E-state index contributed by atoms with van der Waals surface area (Å²) in [6, 6.07) is 9.37. The Morgan fingerprint density at radius 1 is 1.25 bits per heavy atom. The van der Waals surface area contributed by atoms with Crippen molar-refractivity contribution in [1.29, 1.82) is 0 Å². The lowest BCUT2D eigenvalue weighted by molar-refractivity contribution is -0.122. The summed E-state index contributed by atoms with van der Waals surface area (Å²) in [5.41, 5.74) is 2.10. The highest BCUT2D eigenvalue weighted by molar-refractivity contribution is 8.15. The van der Waals surface area contributed by atoms with Crippen LogP contribution in [0.25, 0.3) is 0 Å². The van der Waals surface area contributed by atoms with Crippen molar-refractivity contribution in [2.45, 2.75) is 31.4 Å². The number of amidine groups is 1. The van der Waals surface area contributed by atoms with Crippen LogP contribution >= 0.6 is 23.1 Å². The van der Waals surface area contributed by atoms with Gasteiger partial charge in [-0.1, -0.05) is 25.1 Å². The van der Waals surface area contributed by atoms with Crippen molar-refractivity contribution >= 4 is 62.4 Å². The van der Waals surface area contributed by atoms with Crippen molar-refractivity contribution in [2.75, 3.05) is 31.4 Å². The number of hydrogen-bond acceptors (Lipinski definition) is 8. The summed E-state index contributed by atoms with van der Waals surface area (Å²) in [6.07, 6.45) is 1.70. The van der Waals surface area contributed by atoms with Crippen LogP contribution in [0.1, 0.15) is 35.0 Å². The van der Waals surface area contributed by atoms with E-state index in [-0.39, 0.29) is 18.2 Å². The van der Waals surface area contributed by atoms with Crippen LogP contribution in [0, 0.1) is 0 Å². The summed E-state index contributed by atoms with van der Waals surface area (Å²) in [5.74, 6) is -1.11. The van der Waals surface area contributed by atoms with Crippen molar-refractivity contribution < 1.29 is 19.1 Å². The zero-order valence-electron chi connectivity index (χ0n) is 18.4. The van der Waals surface area contributed by atoms with Gasteiger partial charge >= 0.3 is 5.97 Å². The van der Waals surface area contributed by atoms with Crippen LogP contribution in [0.4, 0.5) is 16.4 Å². The van der Waals surface area contributed by atoms with Crippen molar-refractivity contribution in [1.82, 2.24) is 5.32 Å². The lowest BCUT2D eigenvalue weighted by Crippen LogP contribution is -2.28. The molecule has 1 aliphatic heterocycles. The Labute approximate surface area is 195 Å². The normalized spacial score (nSPS) is 16.7. The Balaban J connectivity index is 1.64. The van der Waals surface area contributed by atoms with E-state index in [1.807, 2.05) is 50.2 Å². The number of nitrogens with one attached hydrogen (secondary N) is 2. The molecule has 2 N–H and O–H groups in total. The van der Waals surface area contributed by atoms with E-state index in [0.29, 0.717) is 21.4 Å². The minimum absolute atomic E-state index is 0.0310. The summed E-state index contributed by atoms with van der Waals surface area (Å²) in [4.78, 5) is 44.5. The number of thioether (sulfide) groups is 1. The summed E-state index contributed by atoms with van der Waals surface area (Å²) in [6.45, 7) is 2.04. The molecule has 32 heavy (non-hydrogen) atoms. The second-order valence-electron chi connectivity index (χ2n) is 7.37. The standard InChI is InChI=1S/C22H26N4O4S2/c1-5-6-15-11-16(21(29)30-4)20(31-15)24-18(27)12-17-19(28)25-22(32-17)23-13-7-9-14(10-8-13)26(2)3/h7-11,17H,5-6,12H2,1-4H3,(H,24,27)(H,23,25,28). The van der Waals surface area contributed by atoms with Crippen LogP contribution in [0.15, 0.2) is 35.3 Å². The SMILES string of the molecule is CCCc1cc(C(=O)OC)c(NC(=O)CC2SC(=Nc3ccc(N(C)C)cc3)NC2=O)s1. The van der Waals surface area contributed by atoms with E-state index < -0.39 is 11.2 Å². The van der Waals surface area contributed by atoms with Crippen molar-refractivity contribution in [2.24, 2.45) is 4.99 Å². The molecule has 1 unspecified atom stereocenters. The number of ether oxygens (including phenoxy) is 1. The van der Waals surface area contributed by atoms with E-state index >= 15 is 0 Å². The van der Waals surface area contributed by atoms with E-state index in [1.54, 1.807) is 6.07 Å². The Morgan fingerprint density at radius 2 is 1.97 bits per heavy atom. The number of methoxy groups -OCH3 is 1. The number of aryl methyl sites for hydroxylation is 1. The maximum atomic E-state index is 12.6. The highest BCUT2D eigenvalue weighted by atomic mass is 32.2. The third-order valence-electron chi connectivity index (χ3n) is 4.68. The maximum Gasteiger partial charge on any atom is 0.340 e. The number of rotatable bonds is 8. The molecule has 0 radical (unpaired) electrons. The van der Waals surface area contributed by atoms with Gasteiger partial charge < -0.3 is 20.3 Å². The molecule has 1 fully saturated rings. The van der Waals surface area contributed by atoms with Gasteiger partial charge in [0.15, 0.2) is 5.17 Å². The molecular formula is C22H26N4O4S2. The second kappa shape index (κ2) is 10.6. The van der Waals surface area contributed by atoms with Crippen LogP contribution in [0.3, 0.4) is 0 Å². The number of hydrogen-bond donors (Lipinski definition) is 2. The number of carbonyl (C=O) groups is 3. The predicted octanol–water partition coefficient (Wildman–Crippen LogP) is 3.80. The number of benzene rings is 1. The van der Waals surface area contributed by atoms with E-state index in [1.165, 1.54) is 30.2 Å². The average Bonchev–Trinajstić information content (AvgIpc) is 3.30. The molecule has 0 aliphatic carbocycles. The van der Waals surface area contributed by atoms with Gasteiger partial charge in [0.25, 0.3) is 0 Å². The average molecular weight is 475 g/mol. The molecule has 0 saturated carbocycles. The molecule has 10 heteroatoms. The first-order valence-corrected chi connectivity index (χ1v) is 11.8. The number of aliphatic imine (C=N–C) groups is 1. The number of esters is 1. The molecule has 2 heterocycles. The molecule has 2 aromatic rings. The first kappa shape index (κ1) is 23.8. The molecule has 8 nitrogen and oxygen atoms in total. The number of thiophene rings is 1. The fourth-order valence-electron chi connectivity index (χ4n) is 3.05. The van der Waals surface area contributed by atoms with Crippen LogP contribution < -0.4 is 15.5 Å².